The molecule has 118 valence electrons. The third kappa shape index (κ3) is 4.82. The molecule has 0 radical (unpaired) electrons. The van der Waals surface area contributed by atoms with Crippen LogP contribution >= 0.6 is 0 Å². The highest BCUT2D eigenvalue weighted by Crippen LogP contribution is 2.24. The molecule has 0 amide bonds. The molecular formula is C19H32N2. The number of rotatable bonds is 5. The first-order chi connectivity index (χ1) is 10.0. The van der Waals surface area contributed by atoms with Crippen LogP contribution in [0.3, 0.4) is 0 Å². The zero-order valence-electron chi connectivity index (χ0n) is 14.2. The summed E-state index contributed by atoms with van der Waals surface area (Å²) in [7, 11) is 0. The zero-order chi connectivity index (χ0) is 15.3. The molecule has 2 atom stereocenters. The highest BCUT2D eigenvalue weighted by atomic mass is 15.2. The van der Waals surface area contributed by atoms with Crippen LogP contribution in [0.25, 0.3) is 0 Å². The maximum atomic E-state index is 3.78. The van der Waals surface area contributed by atoms with Gasteiger partial charge in [-0.25, -0.2) is 0 Å². The minimum atomic E-state index is 0.335. The van der Waals surface area contributed by atoms with Crippen LogP contribution in [-0.2, 0) is 6.42 Å². The summed E-state index contributed by atoms with van der Waals surface area (Å²) >= 11 is 0. The number of benzene rings is 1. The maximum Gasteiger partial charge on any atom is 0.0244 e. The molecule has 1 fully saturated rings. The van der Waals surface area contributed by atoms with Crippen molar-refractivity contribution in [3.05, 3.63) is 35.9 Å². The quantitative estimate of drug-likeness (QED) is 0.888. The smallest absolute Gasteiger partial charge is 0.0244 e. The summed E-state index contributed by atoms with van der Waals surface area (Å²) in [6.45, 7) is 12.8. The fourth-order valence-electron chi connectivity index (χ4n) is 3.24. The summed E-state index contributed by atoms with van der Waals surface area (Å²) < 4.78 is 0. The summed E-state index contributed by atoms with van der Waals surface area (Å²) in [6, 6.07) is 12.2. The second kappa shape index (κ2) is 7.42. The molecule has 1 N–H and O–H groups in total. The topological polar surface area (TPSA) is 15.3 Å². The van der Waals surface area contributed by atoms with E-state index in [0.717, 1.165) is 13.0 Å². The van der Waals surface area contributed by atoms with Gasteiger partial charge in [0.15, 0.2) is 0 Å². The largest absolute Gasteiger partial charge is 0.311 e. The van der Waals surface area contributed by atoms with Crippen LogP contribution < -0.4 is 5.32 Å². The fraction of sp³-hybridized carbons (Fsp3) is 0.684. The van der Waals surface area contributed by atoms with Gasteiger partial charge in [-0.05, 0) is 23.8 Å². The number of piperazine rings is 1. The Hall–Kier alpha value is -0.860. The number of nitrogens with one attached hydrogen (secondary N) is 1. The Morgan fingerprint density at radius 1 is 1.19 bits per heavy atom. The number of hydrogen-bond acceptors (Lipinski definition) is 2. The molecule has 1 heterocycles. The van der Waals surface area contributed by atoms with E-state index in [4.69, 9.17) is 0 Å². The normalized spacial score (nSPS) is 24.2. The molecule has 0 aliphatic carbocycles. The van der Waals surface area contributed by atoms with Gasteiger partial charge in [-0.2, -0.15) is 0 Å². The molecule has 1 aliphatic rings. The molecule has 2 heteroatoms. The Kier molecular flexibility index (Phi) is 5.83. The van der Waals surface area contributed by atoms with Crippen molar-refractivity contribution >= 4 is 0 Å². The monoisotopic (exact) mass is 288 g/mol. The van der Waals surface area contributed by atoms with Crippen LogP contribution in [0.5, 0.6) is 0 Å². The van der Waals surface area contributed by atoms with Gasteiger partial charge in [0.2, 0.25) is 0 Å². The summed E-state index contributed by atoms with van der Waals surface area (Å²) in [5.41, 5.74) is 1.79. The van der Waals surface area contributed by atoms with Gasteiger partial charge in [-0.3, -0.25) is 4.90 Å². The van der Waals surface area contributed by atoms with Gasteiger partial charge in [-0.15, -0.1) is 0 Å². The number of nitrogens with zero attached hydrogens (tertiary/aromatic N) is 1. The van der Waals surface area contributed by atoms with Crippen molar-refractivity contribution in [3.63, 3.8) is 0 Å². The van der Waals surface area contributed by atoms with Crippen LogP contribution in [0.15, 0.2) is 30.3 Å². The van der Waals surface area contributed by atoms with Crippen LogP contribution in [0.4, 0.5) is 0 Å². The molecular weight excluding hydrogens is 256 g/mol. The van der Waals surface area contributed by atoms with Crippen molar-refractivity contribution in [2.75, 3.05) is 19.6 Å². The first-order valence-electron chi connectivity index (χ1n) is 8.52. The first kappa shape index (κ1) is 16.5. The molecule has 2 unspecified atom stereocenters. The average molecular weight is 288 g/mol. The Balaban J connectivity index is 1.97. The molecule has 0 aromatic heterocycles. The van der Waals surface area contributed by atoms with Gasteiger partial charge in [-0.1, -0.05) is 64.4 Å². The van der Waals surface area contributed by atoms with Crippen LogP contribution in [-0.4, -0.2) is 36.6 Å². The molecule has 0 bridgehead atoms. The lowest BCUT2D eigenvalue weighted by molar-refractivity contribution is 0.0819. The van der Waals surface area contributed by atoms with Crippen LogP contribution in [0.1, 0.15) is 46.1 Å². The van der Waals surface area contributed by atoms with Gasteiger partial charge in [0.1, 0.15) is 0 Å². The van der Waals surface area contributed by atoms with Gasteiger partial charge in [0.05, 0.1) is 0 Å². The molecule has 1 saturated heterocycles. The van der Waals surface area contributed by atoms with E-state index in [9.17, 15) is 0 Å². The maximum absolute atomic E-state index is 3.78. The molecule has 1 aromatic rings. The van der Waals surface area contributed by atoms with E-state index in [0.29, 0.717) is 17.5 Å². The third-order valence-electron chi connectivity index (χ3n) is 4.73. The Morgan fingerprint density at radius 2 is 1.90 bits per heavy atom. The van der Waals surface area contributed by atoms with Crippen LogP contribution in [0.2, 0.25) is 0 Å². The third-order valence-corrected chi connectivity index (χ3v) is 4.73. The highest BCUT2D eigenvalue weighted by Gasteiger charge is 2.33. The Labute approximate surface area is 130 Å². The van der Waals surface area contributed by atoms with E-state index in [1.165, 1.54) is 31.5 Å². The van der Waals surface area contributed by atoms with Crippen molar-refractivity contribution in [2.45, 2.75) is 59.0 Å². The molecule has 2 nitrogen and oxygen atoms in total. The van der Waals surface area contributed by atoms with Crippen molar-refractivity contribution in [1.82, 2.24) is 10.2 Å². The Bertz CT molecular complexity index is 407. The molecule has 1 aromatic carbocycles. The summed E-state index contributed by atoms with van der Waals surface area (Å²) in [5.74, 6) is 0. The molecule has 0 saturated carbocycles. The molecule has 2 rings (SSSR count). The van der Waals surface area contributed by atoms with Crippen molar-refractivity contribution in [3.8, 4) is 0 Å². The van der Waals surface area contributed by atoms with Gasteiger partial charge >= 0.3 is 0 Å². The minimum Gasteiger partial charge on any atom is -0.311 e. The summed E-state index contributed by atoms with van der Waals surface area (Å²) in [5, 5.41) is 3.78. The lowest BCUT2D eigenvalue weighted by Gasteiger charge is -2.45. The molecule has 21 heavy (non-hydrogen) atoms. The minimum absolute atomic E-state index is 0.335. The highest BCUT2D eigenvalue weighted by molar-refractivity contribution is 5.15. The van der Waals surface area contributed by atoms with E-state index in [-0.39, 0.29) is 0 Å². The van der Waals surface area contributed by atoms with Crippen molar-refractivity contribution in [1.29, 1.82) is 0 Å². The van der Waals surface area contributed by atoms with Gasteiger partial charge in [0, 0.05) is 31.7 Å². The lowest BCUT2D eigenvalue weighted by Crippen LogP contribution is -2.60. The standard InChI is InChI=1S/C19H32N2/c1-5-9-17-14-20-18(19(2,3)4)15-21(17)13-12-16-10-7-6-8-11-16/h6-8,10-11,17-18,20H,5,9,12-15H2,1-4H3. The lowest BCUT2D eigenvalue weighted by atomic mass is 9.84. The average Bonchev–Trinajstić information content (AvgIpc) is 2.46. The fourth-order valence-corrected chi connectivity index (χ4v) is 3.24. The van der Waals surface area contributed by atoms with Gasteiger partial charge < -0.3 is 5.32 Å². The summed E-state index contributed by atoms with van der Waals surface area (Å²) in [6.07, 6.45) is 3.74. The molecule has 0 spiro atoms. The molecule has 1 aliphatic heterocycles. The predicted octanol–water partition coefficient (Wildman–Crippen LogP) is 3.72. The van der Waals surface area contributed by atoms with Crippen molar-refractivity contribution in [2.24, 2.45) is 5.41 Å². The first-order valence-corrected chi connectivity index (χ1v) is 8.52. The van der Waals surface area contributed by atoms with Gasteiger partial charge in [0.25, 0.3) is 0 Å². The number of hydrogen-bond donors (Lipinski definition) is 1. The zero-order valence-corrected chi connectivity index (χ0v) is 14.2. The summed E-state index contributed by atoms with van der Waals surface area (Å²) in [4.78, 5) is 2.73. The van der Waals surface area contributed by atoms with E-state index in [1.54, 1.807) is 0 Å². The Morgan fingerprint density at radius 3 is 2.52 bits per heavy atom. The van der Waals surface area contributed by atoms with E-state index in [2.05, 4.69) is 68.2 Å². The van der Waals surface area contributed by atoms with E-state index < -0.39 is 0 Å². The SMILES string of the molecule is CCCC1CNC(C(C)(C)C)CN1CCc1ccccc1. The van der Waals surface area contributed by atoms with E-state index >= 15 is 0 Å². The second-order valence-corrected chi connectivity index (χ2v) is 7.50. The van der Waals surface area contributed by atoms with Crippen LogP contribution in [0, 0.1) is 5.41 Å². The predicted molar refractivity (Wildman–Crippen MR) is 91.7 cm³/mol. The van der Waals surface area contributed by atoms with Crippen molar-refractivity contribution < 1.29 is 0 Å². The van der Waals surface area contributed by atoms with E-state index in [1.807, 2.05) is 0 Å². The second-order valence-electron chi connectivity index (χ2n) is 7.50.